The average molecular weight is 512 g/mol. The number of carbonyl (C=O) groups excluding carboxylic acids is 2. The number of amides is 2. The zero-order valence-corrected chi connectivity index (χ0v) is 20.9. The molecule has 0 N–H and O–H groups in total. The Morgan fingerprint density at radius 1 is 1.08 bits per heavy atom. The highest BCUT2D eigenvalue weighted by atomic mass is 32.2. The van der Waals surface area contributed by atoms with E-state index in [0.717, 1.165) is 5.56 Å². The summed E-state index contributed by atoms with van der Waals surface area (Å²) in [5.74, 6) is -0.316. The third-order valence-corrected chi connectivity index (χ3v) is 7.35. The minimum atomic E-state index is -0.458. The molecule has 2 heterocycles. The highest BCUT2D eigenvalue weighted by Gasteiger charge is 2.29. The highest BCUT2D eigenvalue weighted by Crippen LogP contribution is 2.36. The van der Waals surface area contributed by atoms with Gasteiger partial charge >= 0.3 is 0 Å². The molecular formula is C26H29N3O6S. The fourth-order valence-corrected chi connectivity index (χ4v) is 5.32. The first-order valence-electron chi connectivity index (χ1n) is 11.8. The van der Waals surface area contributed by atoms with Crippen LogP contribution in [0.15, 0.2) is 60.0 Å². The van der Waals surface area contributed by atoms with E-state index in [0.29, 0.717) is 56.3 Å². The molecule has 2 aliphatic heterocycles. The number of nitrogens with zero attached hydrogens (tertiary/aromatic N) is 3. The molecule has 2 saturated heterocycles. The Morgan fingerprint density at radius 3 is 2.44 bits per heavy atom. The van der Waals surface area contributed by atoms with Gasteiger partial charge in [0.25, 0.3) is 11.6 Å². The normalized spacial score (nSPS) is 20.1. The number of carbonyl (C=O) groups is 2. The minimum absolute atomic E-state index is 0.0247. The van der Waals surface area contributed by atoms with E-state index < -0.39 is 4.92 Å². The van der Waals surface area contributed by atoms with Crippen molar-refractivity contribution in [1.82, 2.24) is 9.80 Å². The molecule has 0 spiro atoms. The van der Waals surface area contributed by atoms with Gasteiger partial charge in [0.2, 0.25) is 5.91 Å². The van der Waals surface area contributed by atoms with Crippen molar-refractivity contribution in [2.75, 3.05) is 39.4 Å². The van der Waals surface area contributed by atoms with Gasteiger partial charge in [-0.25, -0.2) is 0 Å². The number of piperazine rings is 1. The number of benzene rings is 2. The van der Waals surface area contributed by atoms with Crippen LogP contribution in [0.25, 0.3) is 5.57 Å². The SMILES string of the molecule is C=C(C(=O)N1CCN(C(C)=O)CC1)c1ccc(SC2COCC(Cc3ccccc3)O2)c([N+](=O)[O-])c1. The first-order chi connectivity index (χ1) is 17.3. The molecule has 0 bridgehead atoms. The standard InChI is InChI=1S/C26H29N3O6S/c1-18(26(31)28-12-10-27(11-13-28)19(2)30)21-8-9-24(23(15-21)29(32)33)36-25-17-34-16-22(35-25)14-20-6-4-3-5-7-20/h3-9,15,22,25H,1,10-14,16-17H2,2H3. The second-order valence-electron chi connectivity index (χ2n) is 8.75. The molecule has 10 heteroatoms. The van der Waals surface area contributed by atoms with Crippen molar-refractivity contribution in [3.63, 3.8) is 0 Å². The molecular weight excluding hydrogens is 482 g/mol. The van der Waals surface area contributed by atoms with Crippen molar-refractivity contribution >= 4 is 34.8 Å². The minimum Gasteiger partial charge on any atom is -0.375 e. The Bertz CT molecular complexity index is 1130. The molecule has 2 amide bonds. The summed E-state index contributed by atoms with van der Waals surface area (Å²) in [6.07, 6.45) is 0.555. The van der Waals surface area contributed by atoms with E-state index in [4.69, 9.17) is 9.47 Å². The molecule has 4 rings (SSSR count). The van der Waals surface area contributed by atoms with Crippen LogP contribution in [0.3, 0.4) is 0 Å². The summed E-state index contributed by atoms with van der Waals surface area (Å²) in [6.45, 7) is 7.91. The molecule has 9 nitrogen and oxygen atoms in total. The van der Waals surface area contributed by atoms with Crippen molar-refractivity contribution in [3.05, 3.63) is 76.4 Å². The van der Waals surface area contributed by atoms with E-state index in [1.165, 1.54) is 24.8 Å². The lowest BCUT2D eigenvalue weighted by molar-refractivity contribution is -0.387. The quantitative estimate of drug-likeness (QED) is 0.319. The Balaban J connectivity index is 1.42. The summed E-state index contributed by atoms with van der Waals surface area (Å²) in [7, 11) is 0. The Kier molecular flexibility index (Phi) is 8.40. The smallest absolute Gasteiger partial charge is 0.283 e. The maximum absolute atomic E-state index is 13.0. The molecule has 2 atom stereocenters. The molecule has 2 aromatic rings. The molecule has 0 saturated carbocycles. The molecule has 0 radical (unpaired) electrons. The number of ether oxygens (including phenoxy) is 2. The lowest BCUT2D eigenvalue weighted by atomic mass is 10.1. The van der Waals surface area contributed by atoms with Crippen LogP contribution in [0, 0.1) is 10.1 Å². The van der Waals surface area contributed by atoms with Crippen molar-refractivity contribution in [3.8, 4) is 0 Å². The Hall–Kier alpha value is -3.21. The monoisotopic (exact) mass is 511 g/mol. The van der Waals surface area contributed by atoms with E-state index in [-0.39, 0.29) is 34.6 Å². The summed E-state index contributed by atoms with van der Waals surface area (Å²) in [6, 6.07) is 14.7. The summed E-state index contributed by atoms with van der Waals surface area (Å²) >= 11 is 1.24. The van der Waals surface area contributed by atoms with Crippen LogP contribution in [0.5, 0.6) is 0 Å². The van der Waals surface area contributed by atoms with E-state index in [9.17, 15) is 19.7 Å². The van der Waals surface area contributed by atoms with Crippen LogP contribution in [0.2, 0.25) is 0 Å². The fourth-order valence-electron chi connectivity index (χ4n) is 4.26. The third kappa shape index (κ3) is 6.31. The van der Waals surface area contributed by atoms with Gasteiger partial charge < -0.3 is 19.3 Å². The van der Waals surface area contributed by atoms with Gasteiger partial charge in [-0.2, -0.15) is 0 Å². The van der Waals surface area contributed by atoms with Crippen LogP contribution >= 0.6 is 11.8 Å². The predicted octanol–water partition coefficient (Wildman–Crippen LogP) is 3.38. The second-order valence-corrected chi connectivity index (χ2v) is 9.95. The molecule has 2 aromatic carbocycles. The van der Waals surface area contributed by atoms with Crippen LogP contribution in [-0.4, -0.2) is 77.5 Å². The topological polar surface area (TPSA) is 102 Å². The predicted molar refractivity (Wildman–Crippen MR) is 136 cm³/mol. The summed E-state index contributed by atoms with van der Waals surface area (Å²) < 4.78 is 11.9. The molecule has 190 valence electrons. The Labute approximate surface area is 214 Å². The lowest BCUT2D eigenvalue weighted by Crippen LogP contribution is -2.50. The van der Waals surface area contributed by atoms with Gasteiger partial charge in [0.15, 0.2) is 0 Å². The highest BCUT2D eigenvalue weighted by molar-refractivity contribution is 8.00. The first-order valence-corrected chi connectivity index (χ1v) is 12.7. The number of nitro benzene ring substituents is 1. The van der Waals surface area contributed by atoms with E-state index in [2.05, 4.69) is 6.58 Å². The van der Waals surface area contributed by atoms with Gasteiger partial charge in [-0.3, -0.25) is 19.7 Å². The van der Waals surface area contributed by atoms with E-state index in [1.807, 2.05) is 30.3 Å². The largest absolute Gasteiger partial charge is 0.375 e. The summed E-state index contributed by atoms with van der Waals surface area (Å²) in [5.41, 5.74) is 1.22. The second kappa shape index (κ2) is 11.7. The molecule has 2 unspecified atom stereocenters. The van der Waals surface area contributed by atoms with Gasteiger partial charge in [0.05, 0.1) is 29.1 Å². The summed E-state index contributed by atoms with van der Waals surface area (Å²) in [4.78, 5) is 39.6. The number of hydrogen-bond donors (Lipinski definition) is 0. The van der Waals surface area contributed by atoms with Gasteiger partial charge in [-0.1, -0.05) is 54.7 Å². The molecule has 0 aliphatic carbocycles. The maximum Gasteiger partial charge on any atom is 0.283 e. The van der Waals surface area contributed by atoms with Gasteiger partial charge in [-0.15, -0.1) is 0 Å². The van der Waals surface area contributed by atoms with Gasteiger partial charge in [-0.05, 0) is 17.2 Å². The van der Waals surface area contributed by atoms with E-state index >= 15 is 0 Å². The number of nitro groups is 1. The Morgan fingerprint density at radius 2 is 1.78 bits per heavy atom. The zero-order valence-electron chi connectivity index (χ0n) is 20.1. The van der Waals surface area contributed by atoms with Crippen LogP contribution in [-0.2, 0) is 25.5 Å². The summed E-state index contributed by atoms with van der Waals surface area (Å²) in [5, 5.41) is 11.9. The number of thioether (sulfide) groups is 1. The van der Waals surface area contributed by atoms with Crippen LogP contribution in [0.4, 0.5) is 5.69 Å². The average Bonchev–Trinajstić information content (AvgIpc) is 2.89. The molecule has 2 aliphatic rings. The zero-order chi connectivity index (χ0) is 25.7. The lowest BCUT2D eigenvalue weighted by Gasteiger charge is -2.34. The van der Waals surface area contributed by atoms with Crippen LogP contribution < -0.4 is 0 Å². The first kappa shape index (κ1) is 25.9. The van der Waals surface area contributed by atoms with Crippen molar-refractivity contribution in [2.45, 2.75) is 29.8 Å². The maximum atomic E-state index is 13.0. The molecule has 2 fully saturated rings. The molecule has 36 heavy (non-hydrogen) atoms. The van der Waals surface area contributed by atoms with Crippen LogP contribution in [0.1, 0.15) is 18.1 Å². The fraction of sp³-hybridized carbons (Fsp3) is 0.385. The van der Waals surface area contributed by atoms with E-state index in [1.54, 1.807) is 21.9 Å². The van der Waals surface area contributed by atoms with Gasteiger partial charge in [0, 0.05) is 51.2 Å². The number of hydrogen-bond acceptors (Lipinski definition) is 7. The van der Waals surface area contributed by atoms with Crippen molar-refractivity contribution in [2.24, 2.45) is 0 Å². The number of rotatable bonds is 7. The molecule has 0 aromatic heterocycles. The van der Waals surface area contributed by atoms with Crippen molar-refractivity contribution < 1.29 is 24.0 Å². The van der Waals surface area contributed by atoms with Gasteiger partial charge in [0.1, 0.15) is 5.44 Å². The third-order valence-electron chi connectivity index (χ3n) is 6.24. The van der Waals surface area contributed by atoms with Crippen molar-refractivity contribution in [1.29, 1.82) is 0 Å².